The van der Waals surface area contributed by atoms with Gasteiger partial charge in [0.2, 0.25) is 0 Å². The van der Waals surface area contributed by atoms with Crippen LogP contribution in [0.15, 0.2) is 5.16 Å². The van der Waals surface area contributed by atoms with E-state index in [0.717, 1.165) is 24.6 Å². The van der Waals surface area contributed by atoms with Gasteiger partial charge in [-0.25, -0.2) is 4.28 Å². The molecule has 5 N–H and O–H groups in total. The second-order valence-corrected chi connectivity index (χ2v) is 7.44. The van der Waals surface area contributed by atoms with Crippen LogP contribution >= 0.6 is 11.8 Å². The van der Waals surface area contributed by atoms with Gasteiger partial charge in [-0.05, 0) is 12.8 Å². The lowest BCUT2D eigenvalue weighted by Gasteiger charge is -2.39. The third-order valence-corrected chi connectivity index (χ3v) is 4.76. The fourth-order valence-electron chi connectivity index (χ4n) is 2.04. The molecule has 0 aromatic carbocycles. The summed E-state index contributed by atoms with van der Waals surface area (Å²) in [7, 11) is -4.77. The van der Waals surface area contributed by atoms with Gasteiger partial charge in [0, 0.05) is 0 Å². The minimum Gasteiger partial charge on any atom is -0.394 e. The van der Waals surface area contributed by atoms with Gasteiger partial charge in [0.05, 0.1) is 6.61 Å². The van der Waals surface area contributed by atoms with Crippen molar-refractivity contribution in [3.05, 3.63) is 0 Å². The molecule has 1 heterocycles. The van der Waals surface area contributed by atoms with E-state index >= 15 is 0 Å². The molecule has 0 spiro atoms. The highest BCUT2D eigenvalue weighted by molar-refractivity contribution is 8.14. The molecule has 0 radical (unpaired) electrons. The molecule has 0 aliphatic carbocycles. The van der Waals surface area contributed by atoms with Crippen molar-refractivity contribution in [3.63, 3.8) is 0 Å². The van der Waals surface area contributed by atoms with Crippen LogP contribution in [0.5, 0.6) is 0 Å². The van der Waals surface area contributed by atoms with Crippen LogP contribution in [-0.4, -0.2) is 74.9 Å². The maximum Gasteiger partial charge on any atom is 0.466 e. The monoisotopic (exact) mass is 389 g/mol. The summed E-state index contributed by atoms with van der Waals surface area (Å²) in [5.41, 5.74) is -1.11. The van der Waals surface area contributed by atoms with Crippen LogP contribution in [0.1, 0.15) is 32.6 Å². The van der Waals surface area contributed by atoms with Gasteiger partial charge in [-0.15, -0.1) is 0 Å². The summed E-state index contributed by atoms with van der Waals surface area (Å²) in [6.45, 7) is 1.39. The Kier molecular flexibility index (Phi) is 8.87. The zero-order chi connectivity index (χ0) is 18.3. The Morgan fingerprint density at radius 1 is 1.21 bits per heavy atom. The molecular weight excluding hydrogens is 366 g/mol. The van der Waals surface area contributed by atoms with Gasteiger partial charge < -0.3 is 25.2 Å². The van der Waals surface area contributed by atoms with Gasteiger partial charge in [-0.3, -0.25) is 4.55 Å². The molecule has 142 valence electrons. The molecule has 0 bridgehead atoms. The average Bonchev–Trinajstić information content (AvgIpc) is 2.52. The first-order chi connectivity index (χ1) is 11.2. The Bertz CT molecular complexity index is 511. The molecule has 1 aliphatic rings. The van der Waals surface area contributed by atoms with Gasteiger partial charge in [-0.2, -0.15) is 8.42 Å². The van der Waals surface area contributed by atoms with Crippen LogP contribution in [0, 0.1) is 0 Å². The molecule has 1 aliphatic heterocycles. The van der Waals surface area contributed by atoms with Crippen LogP contribution < -0.4 is 0 Å². The van der Waals surface area contributed by atoms with E-state index in [1.165, 1.54) is 0 Å². The van der Waals surface area contributed by atoms with E-state index in [1.807, 2.05) is 6.92 Å². The molecule has 0 aromatic heterocycles. The van der Waals surface area contributed by atoms with E-state index in [-0.39, 0.29) is 5.04 Å². The summed E-state index contributed by atoms with van der Waals surface area (Å²) in [4.78, 5) is 0. The van der Waals surface area contributed by atoms with Gasteiger partial charge in [0.1, 0.15) is 34.9 Å². The Morgan fingerprint density at radius 2 is 1.88 bits per heavy atom. The van der Waals surface area contributed by atoms with Crippen molar-refractivity contribution in [1.82, 2.24) is 0 Å². The van der Waals surface area contributed by atoms with Crippen molar-refractivity contribution < 1.29 is 42.4 Å². The molecule has 12 heteroatoms. The molecule has 24 heavy (non-hydrogen) atoms. The number of aliphatic hydroxyl groups is 4. The highest BCUT2D eigenvalue weighted by atomic mass is 32.3. The van der Waals surface area contributed by atoms with Crippen molar-refractivity contribution in [2.24, 2.45) is 5.16 Å². The zero-order valence-corrected chi connectivity index (χ0v) is 14.7. The van der Waals surface area contributed by atoms with Crippen molar-refractivity contribution in [3.8, 4) is 0 Å². The predicted octanol–water partition coefficient (Wildman–Crippen LogP) is -0.767. The number of thioether (sulfide) groups is 1. The molecule has 0 unspecified atom stereocenters. The molecule has 1 saturated heterocycles. The smallest absolute Gasteiger partial charge is 0.394 e. The van der Waals surface area contributed by atoms with Crippen LogP contribution in [0.25, 0.3) is 0 Å². The van der Waals surface area contributed by atoms with Crippen LogP contribution in [0.4, 0.5) is 0 Å². The van der Waals surface area contributed by atoms with E-state index in [9.17, 15) is 23.7 Å². The molecule has 10 nitrogen and oxygen atoms in total. The average molecular weight is 389 g/mol. The summed E-state index contributed by atoms with van der Waals surface area (Å²) >= 11 is 0.785. The SMILES string of the molecule is CCCCC/C(=N\OS(=O)(=O)O)S[C@@H]1O[C@H](CO)[C@@H](O)[C@H](O)[C@H]1O. The Balaban J connectivity index is 2.82. The first-order valence-electron chi connectivity index (χ1n) is 7.39. The predicted molar refractivity (Wildman–Crippen MR) is 85.6 cm³/mol. The van der Waals surface area contributed by atoms with E-state index in [4.69, 9.17) is 14.4 Å². The summed E-state index contributed by atoms with van der Waals surface area (Å²) in [5, 5.41) is 42.0. The second-order valence-electron chi connectivity index (χ2n) is 5.26. The minimum absolute atomic E-state index is 0.116. The Morgan fingerprint density at radius 3 is 2.42 bits per heavy atom. The lowest BCUT2D eigenvalue weighted by molar-refractivity contribution is -0.205. The van der Waals surface area contributed by atoms with Crippen LogP contribution in [0.3, 0.4) is 0 Å². The standard InChI is InChI=1S/C12H23NO9S2/c1-2-3-4-5-8(13-22-24(18,19)20)23-12-11(17)10(16)9(15)7(6-14)21-12/h7,9-12,14-17H,2-6H2,1H3,(H,18,19,20)/b13-8+/t7-,9-,10+,11-,12+/m1/s1. The van der Waals surface area contributed by atoms with Gasteiger partial charge in [0.15, 0.2) is 0 Å². The number of aliphatic hydroxyl groups excluding tert-OH is 4. The number of rotatable bonds is 8. The van der Waals surface area contributed by atoms with Gasteiger partial charge in [0.25, 0.3) is 0 Å². The van der Waals surface area contributed by atoms with Crippen molar-refractivity contribution in [2.75, 3.05) is 6.61 Å². The van der Waals surface area contributed by atoms with Crippen molar-refractivity contribution >= 4 is 27.2 Å². The third kappa shape index (κ3) is 6.80. The molecule has 1 rings (SSSR count). The summed E-state index contributed by atoms with van der Waals surface area (Å²) in [6.07, 6.45) is -2.94. The summed E-state index contributed by atoms with van der Waals surface area (Å²) in [5.74, 6) is 0. The molecule has 0 saturated carbocycles. The van der Waals surface area contributed by atoms with Crippen LogP contribution in [0.2, 0.25) is 0 Å². The van der Waals surface area contributed by atoms with Gasteiger partial charge >= 0.3 is 10.4 Å². The minimum atomic E-state index is -4.77. The lowest BCUT2D eigenvalue weighted by atomic mass is 10.0. The Hall–Kier alpha value is -0.470. The van der Waals surface area contributed by atoms with E-state index < -0.39 is 46.9 Å². The number of oxime groups is 1. The van der Waals surface area contributed by atoms with Crippen molar-refractivity contribution in [2.45, 2.75) is 62.5 Å². The van der Waals surface area contributed by atoms with Gasteiger partial charge in [-0.1, -0.05) is 36.7 Å². The molecule has 0 aromatic rings. The number of nitrogens with zero attached hydrogens (tertiary/aromatic N) is 1. The maximum atomic E-state index is 10.6. The number of hydrogen-bond donors (Lipinski definition) is 5. The molecular formula is C12H23NO9S2. The molecule has 5 atom stereocenters. The normalized spacial score (nSPS) is 31.9. The highest BCUT2D eigenvalue weighted by Gasteiger charge is 2.44. The third-order valence-electron chi connectivity index (χ3n) is 3.33. The first-order valence-corrected chi connectivity index (χ1v) is 9.64. The van der Waals surface area contributed by atoms with E-state index in [1.54, 1.807) is 0 Å². The largest absolute Gasteiger partial charge is 0.466 e. The molecule has 0 amide bonds. The van der Waals surface area contributed by atoms with Crippen molar-refractivity contribution in [1.29, 1.82) is 0 Å². The fourth-order valence-corrected chi connectivity index (χ4v) is 3.38. The number of ether oxygens (including phenoxy) is 1. The summed E-state index contributed by atoms with van der Waals surface area (Å²) in [6, 6.07) is 0. The topological polar surface area (TPSA) is 166 Å². The van der Waals surface area contributed by atoms with Crippen LogP contribution in [-0.2, 0) is 19.4 Å². The highest BCUT2D eigenvalue weighted by Crippen LogP contribution is 2.30. The first kappa shape index (κ1) is 21.6. The quantitative estimate of drug-likeness (QED) is 0.117. The fraction of sp³-hybridized carbons (Fsp3) is 0.917. The lowest BCUT2D eigenvalue weighted by Crippen LogP contribution is -2.57. The summed E-state index contributed by atoms with van der Waals surface area (Å²) < 4.78 is 39.2. The molecule has 1 fully saturated rings. The number of hydrogen-bond acceptors (Lipinski definition) is 10. The maximum absolute atomic E-state index is 10.6. The zero-order valence-electron chi connectivity index (χ0n) is 13.1. The second kappa shape index (κ2) is 9.87. The Labute approximate surface area is 144 Å². The van der Waals surface area contributed by atoms with E-state index in [0.29, 0.717) is 12.8 Å². The number of unbranched alkanes of at least 4 members (excludes halogenated alkanes) is 2. The van der Waals surface area contributed by atoms with E-state index in [2.05, 4.69) is 9.44 Å².